The summed E-state index contributed by atoms with van der Waals surface area (Å²) in [7, 11) is 0. The van der Waals surface area contributed by atoms with Crippen LogP contribution in [-0.2, 0) is 14.3 Å². The summed E-state index contributed by atoms with van der Waals surface area (Å²) in [6.45, 7) is 1.51. The van der Waals surface area contributed by atoms with E-state index in [1.54, 1.807) is 24.3 Å². The summed E-state index contributed by atoms with van der Waals surface area (Å²) >= 11 is 1.25. The third-order valence-electron chi connectivity index (χ3n) is 6.13. The van der Waals surface area contributed by atoms with Crippen LogP contribution >= 0.6 is 11.8 Å². The average molecular weight is 532 g/mol. The number of carbonyl (C=O) groups is 3. The van der Waals surface area contributed by atoms with Gasteiger partial charge < -0.3 is 20.2 Å². The molecule has 1 aliphatic rings. The van der Waals surface area contributed by atoms with Gasteiger partial charge in [0.05, 0.1) is 5.88 Å². The topological polar surface area (TPSA) is 124 Å². The highest BCUT2D eigenvalue weighted by molar-refractivity contribution is 7.99. The molecular weight excluding hydrogens is 506 g/mol. The van der Waals surface area contributed by atoms with Crippen LogP contribution in [-0.4, -0.2) is 57.4 Å². The van der Waals surface area contributed by atoms with Gasteiger partial charge in [-0.25, -0.2) is 9.59 Å². The first-order valence-electron chi connectivity index (χ1n) is 12.0. The molecule has 1 aromatic heterocycles. The van der Waals surface area contributed by atoms with Crippen LogP contribution in [0.1, 0.15) is 24.0 Å². The zero-order valence-corrected chi connectivity index (χ0v) is 21.3. The summed E-state index contributed by atoms with van der Waals surface area (Å²) in [5, 5.41) is 13.1. The Balaban J connectivity index is 1.26. The molecule has 0 saturated carbocycles. The van der Waals surface area contributed by atoms with Crippen molar-refractivity contribution in [3.05, 3.63) is 83.9 Å². The van der Waals surface area contributed by atoms with Crippen molar-refractivity contribution in [1.29, 1.82) is 0 Å². The number of aromatic nitrogens is 3. The lowest BCUT2D eigenvalue weighted by Crippen LogP contribution is -2.47. The lowest BCUT2D eigenvalue weighted by molar-refractivity contribution is -0.147. The van der Waals surface area contributed by atoms with Gasteiger partial charge in [-0.05, 0) is 39.6 Å². The van der Waals surface area contributed by atoms with E-state index in [0.29, 0.717) is 11.0 Å². The van der Waals surface area contributed by atoms with Crippen molar-refractivity contribution in [2.24, 2.45) is 0 Å². The highest BCUT2D eigenvalue weighted by Gasteiger charge is 2.30. The van der Waals surface area contributed by atoms with Crippen molar-refractivity contribution in [3.8, 4) is 11.1 Å². The number of nitrogens with one attached hydrogen (secondary N) is 2. The number of hydrogen-bond donors (Lipinski definition) is 2. The van der Waals surface area contributed by atoms with E-state index in [-0.39, 0.29) is 30.1 Å². The van der Waals surface area contributed by atoms with Crippen molar-refractivity contribution < 1.29 is 24.0 Å². The number of fused-ring (bicyclic) bond motifs is 4. The number of thioether (sulfide) groups is 1. The Hall–Kier alpha value is -4.38. The molecule has 0 unspecified atom stereocenters. The maximum Gasteiger partial charge on any atom is 0.407 e. The molecule has 0 bridgehead atoms. The molecule has 1 heterocycles. The van der Waals surface area contributed by atoms with Gasteiger partial charge in [-0.3, -0.25) is 4.79 Å². The number of carbonyl (C=O) groups excluding carboxylic acids is 3. The van der Waals surface area contributed by atoms with Crippen molar-refractivity contribution in [2.75, 3.05) is 18.2 Å². The number of benzene rings is 3. The first-order chi connectivity index (χ1) is 18.5. The first kappa shape index (κ1) is 25.3. The number of alkyl carbamates (subject to hydrolysis) is 1. The number of hydrogen-bond acceptors (Lipinski definition) is 8. The number of nitrogens with zero attached hydrogens (tertiary/aromatic N) is 3. The SMILES string of the molecule is CC(=O)NCSC[C@H](NC(=O)OCC1c2ccccc2-c2ccccc21)C(=O)On1nnc2ccccc21. The monoisotopic (exact) mass is 531 g/mol. The second kappa shape index (κ2) is 11.3. The number of para-hydroxylation sites is 1. The molecule has 0 fully saturated rings. The normalized spacial score (nSPS) is 12.9. The van der Waals surface area contributed by atoms with Crippen LogP contribution in [0.4, 0.5) is 4.79 Å². The van der Waals surface area contributed by atoms with Crippen LogP contribution in [0.25, 0.3) is 22.2 Å². The van der Waals surface area contributed by atoms with Crippen LogP contribution in [0, 0.1) is 0 Å². The number of ether oxygens (including phenoxy) is 1. The first-order valence-corrected chi connectivity index (χ1v) is 13.1. The van der Waals surface area contributed by atoms with Gasteiger partial charge in [0.1, 0.15) is 23.7 Å². The Morgan fingerprint density at radius 3 is 2.34 bits per heavy atom. The zero-order valence-electron chi connectivity index (χ0n) is 20.5. The minimum atomic E-state index is -1.06. The van der Waals surface area contributed by atoms with E-state index in [9.17, 15) is 14.4 Å². The van der Waals surface area contributed by atoms with Crippen molar-refractivity contribution >= 4 is 40.8 Å². The predicted molar refractivity (Wildman–Crippen MR) is 142 cm³/mol. The molecule has 5 rings (SSSR count). The Morgan fingerprint density at radius 1 is 0.974 bits per heavy atom. The number of amides is 2. The quantitative estimate of drug-likeness (QED) is 0.192. The maximum atomic E-state index is 13.0. The molecule has 0 radical (unpaired) electrons. The van der Waals surface area contributed by atoms with Crippen LogP contribution in [0.3, 0.4) is 0 Å². The van der Waals surface area contributed by atoms with Gasteiger partial charge >= 0.3 is 12.1 Å². The second-order valence-electron chi connectivity index (χ2n) is 8.63. The van der Waals surface area contributed by atoms with Crippen LogP contribution < -0.4 is 15.5 Å². The van der Waals surface area contributed by atoms with E-state index in [1.165, 1.54) is 18.7 Å². The highest BCUT2D eigenvalue weighted by Crippen LogP contribution is 2.44. The van der Waals surface area contributed by atoms with E-state index in [1.807, 2.05) is 36.4 Å². The lowest BCUT2D eigenvalue weighted by atomic mass is 9.98. The molecule has 1 atom stereocenters. The summed E-state index contributed by atoms with van der Waals surface area (Å²) in [6.07, 6.45) is -0.752. The minimum absolute atomic E-state index is 0.106. The van der Waals surface area contributed by atoms with Gasteiger partial charge in [0, 0.05) is 18.6 Å². The van der Waals surface area contributed by atoms with E-state index in [0.717, 1.165) is 27.1 Å². The molecule has 0 aliphatic heterocycles. The summed E-state index contributed by atoms with van der Waals surface area (Å²) in [4.78, 5) is 43.5. The van der Waals surface area contributed by atoms with E-state index >= 15 is 0 Å². The molecule has 2 N–H and O–H groups in total. The molecule has 2 amide bonds. The minimum Gasteiger partial charge on any atom is -0.449 e. The highest BCUT2D eigenvalue weighted by atomic mass is 32.2. The summed E-state index contributed by atoms with van der Waals surface area (Å²) < 4.78 is 5.60. The fraction of sp³-hybridized carbons (Fsp3) is 0.222. The van der Waals surface area contributed by atoms with Gasteiger partial charge in [0.15, 0.2) is 0 Å². The van der Waals surface area contributed by atoms with Crippen molar-refractivity contribution in [2.45, 2.75) is 18.9 Å². The largest absolute Gasteiger partial charge is 0.449 e. The Bertz CT molecular complexity index is 1440. The molecule has 1 aliphatic carbocycles. The van der Waals surface area contributed by atoms with Gasteiger partial charge in [0.2, 0.25) is 5.91 Å². The Kier molecular flexibility index (Phi) is 7.55. The third kappa shape index (κ3) is 5.47. The van der Waals surface area contributed by atoms with Crippen molar-refractivity contribution in [3.63, 3.8) is 0 Å². The lowest BCUT2D eigenvalue weighted by Gasteiger charge is -2.18. The molecule has 3 aromatic carbocycles. The molecule has 0 spiro atoms. The second-order valence-corrected chi connectivity index (χ2v) is 9.66. The van der Waals surface area contributed by atoms with Crippen molar-refractivity contribution in [1.82, 2.24) is 25.8 Å². The van der Waals surface area contributed by atoms with Crippen LogP contribution in [0.15, 0.2) is 72.8 Å². The molecule has 38 heavy (non-hydrogen) atoms. The van der Waals surface area contributed by atoms with E-state index in [2.05, 4.69) is 33.1 Å². The van der Waals surface area contributed by atoms with E-state index in [4.69, 9.17) is 9.57 Å². The van der Waals surface area contributed by atoms with Crippen LogP contribution in [0.2, 0.25) is 0 Å². The standard InChI is InChI=1S/C27H25N5O5S/c1-17(33)28-16-38-15-24(26(34)37-32-25-13-7-6-12-23(25)30-31-32)29-27(35)36-14-22-20-10-4-2-8-18(20)19-9-3-5-11-21(19)22/h2-13,22,24H,14-16H2,1H3,(H,28,33)(H,29,35)/t24-/m0/s1. The molecule has 4 aromatic rings. The van der Waals surface area contributed by atoms with Gasteiger partial charge in [0.25, 0.3) is 0 Å². The Labute approximate surface area is 222 Å². The summed E-state index contributed by atoms with van der Waals surface area (Å²) in [5.41, 5.74) is 5.47. The molecule has 10 nitrogen and oxygen atoms in total. The molecule has 194 valence electrons. The fourth-order valence-electron chi connectivity index (χ4n) is 4.34. The average Bonchev–Trinajstić information content (AvgIpc) is 3.48. The van der Waals surface area contributed by atoms with Gasteiger partial charge in [-0.15, -0.1) is 16.9 Å². The summed E-state index contributed by atoms with van der Waals surface area (Å²) in [5.74, 6) is -0.665. The number of rotatable bonds is 9. The van der Waals surface area contributed by atoms with Gasteiger partial charge in [-0.1, -0.05) is 65.5 Å². The summed E-state index contributed by atoms with van der Waals surface area (Å²) in [6, 6.07) is 22.0. The maximum absolute atomic E-state index is 13.0. The smallest absolute Gasteiger partial charge is 0.407 e. The third-order valence-corrected chi connectivity index (χ3v) is 7.04. The van der Waals surface area contributed by atoms with E-state index < -0.39 is 18.1 Å². The molecule has 11 heteroatoms. The molecular formula is C27H25N5O5S. The Morgan fingerprint density at radius 2 is 1.63 bits per heavy atom. The molecule has 0 saturated heterocycles. The fourth-order valence-corrected chi connectivity index (χ4v) is 5.22. The van der Waals surface area contributed by atoms with Crippen LogP contribution in [0.5, 0.6) is 0 Å². The zero-order chi connectivity index (χ0) is 26.5. The predicted octanol–water partition coefficient (Wildman–Crippen LogP) is 3.12. The van der Waals surface area contributed by atoms with Gasteiger partial charge in [-0.2, -0.15) is 0 Å².